The van der Waals surface area contributed by atoms with E-state index in [-0.39, 0.29) is 23.3 Å². The van der Waals surface area contributed by atoms with Crippen LogP contribution in [0.25, 0.3) is 0 Å². The van der Waals surface area contributed by atoms with E-state index in [2.05, 4.69) is 5.32 Å². The molecule has 0 atom stereocenters. The fourth-order valence-corrected chi connectivity index (χ4v) is 6.89. The summed E-state index contributed by atoms with van der Waals surface area (Å²) in [5.41, 5.74) is 4.67. The third-order valence-corrected chi connectivity index (χ3v) is 9.50. The molecule has 2 heterocycles. The number of methoxy groups -OCH3 is 1. The van der Waals surface area contributed by atoms with Gasteiger partial charge in [-0.15, -0.1) is 0 Å². The molecule has 10 heteroatoms. The lowest BCUT2D eigenvalue weighted by Crippen LogP contribution is -2.29. The molecule has 1 N–H and O–H groups in total. The van der Waals surface area contributed by atoms with Gasteiger partial charge in [-0.25, -0.2) is 8.42 Å². The predicted molar refractivity (Wildman–Crippen MR) is 159 cm³/mol. The number of rotatable bonds is 6. The number of hydrogen-bond acceptors (Lipinski definition) is 5. The van der Waals surface area contributed by atoms with E-state index in [4.69, 9.17) is 16.3 Å². The molecule has 0 fully saturated rings. The minimum Gasteiger partial charge on any atom is -0.497 e. The van der Waals surface area contributed by atoms with Gasteiger partial charge in [0.2, 0.25) is 0 Å². The standard InChI is InChI=1S/C31H26ClN3O5S/c1-40-26-9-3-21(4-10-26)31(37)34-16-14-20-2-8-25(19-29(20)34)33-30(36)23-5-13-28-22(18-23)15-17-35(28)41(38,39)27-11-6-24(32)7-12-27/h2-13,18-19H,14-17H2,1H3,(H,33,36). The molecule has 0 unspecified atom stereocenters. The Morgan fingerprint density at radius 1 is 0.805 bits per heavy atom. The Labute approximate surface area is 243 Å². The normalized spacial score (nSPS) is 14.0. The van der Waals surface area contributed by atoms with Crippen LogP contribution in [0.5, 0.6) is 5.75 Å². The maximum Gasteiger partial charge on any atom is 0.264 e. The van der Waals surface area contributed by atoms with Gasteiger partial charge in [-0.05, 0) is 103 Å². The van der Waals surface area contributed by atoms with Gasteiger partial charge in [0.15, 0.2) is 0 Å². The molecule has 8 nitrogen and oxygen atoms in total. The molecular formula is C31H26ClN3O5S. The lowest BCUT2D eigenvalue weighted by molar-refractivity contribution is 0.0988. The number of hydrogen-bond donors (Lipinski definition) is 1. The van der Waals surface area contributed by atoms with Crippen molar-refractivity contribution in [2.75, 3.05) is 34.7 Å². The Morgan fingerprint density at radius 2 is 1.51 bits per heavy atom. The number of fused-ring (bicyclic) bond motifs is 2. The Morgan fingerprint density at radius 3 is 2.24 bits per heavy atom. The molecule has 0 saturated heterocycles. The SMILES string of the molecule is COc1ccc(C(=O)N2CCc3ccc(NC(=O)c4ccc5c(c4)CCN5S(=O)(=O)c4ccc(Cl)cc4)cc32)cc1. The van der Waals surface area contributed by atoms with E-state index in [1.54, 1.807) is 66.6 Å². The first-order chi connectivity index (χ1) is 19.7. The van der Waals surface area contributed by atoms with Gasteiger partial charge in [-0.1, -0.05) is 17.7 Å². The third-order valence-electron chi connectivity index (χ3n) is 7.42. The van der Waals surface area contributed by atoms with Crippen LogP contribution in [0, 0.1) is 0 Å². The van der Waals surface area contributed by atoms with Crippen molar-refractivity contribution in [1.82, 2.24) is 0 Å². The van der Waals surface area contributed by atoms with Gasteiger partial charge in [-0.2, -0.15) is 0 Å². The van der Waals surface area contributed by atoms with Gasteiger partial charge in [-0.3, -0.25) is 13.9 Å². The van der Waals surface area contributed by atoms with Crippen LogP contribution in [0.4, 0.5) is 17.1 Å². The van der Waals surface area contributed by atoms with Crippen molar-refractivity contribution in [3.63, 3.8) is 0 Å². The number of nitrogens with one attached hydrogen (secondary N) is 1. The predicted octanol–water partition coefficient (Wildman–Crippen LogP) is 5.56. The van der Waals surface area contributed by atoms with Crippen molar-refractivity contribution < 1.29 is 22.7 Å². The van der Waals surface area contributed by atoms with Crippen molar-refractivity contribution in [2.45, 2.75) is 17.7 Å². The zero-order valence-corrected chi connectivity index (χ0v) is 23.7. The minimum atomic E-state index is -3.76. The molecular weight excluding hydrogens is 562 g/mol. The van der Waals surface area contributed by atoms with Crippen LogP contribution >= 0.6 is 11.6 Å². The first kappa shape index (κ1) is 26.9. The fourth-order valence-electron chi connectivity index (χ4n) is 5.26. The van der Waals surface area contributed by atoms with Crippen molar-refractivity contribution in [1.29, 1.82) is 0 Å². The number of benzene rings is 4. The molecule has 2 aliphatic rings. The van der Waals surface area contributed by atoms with E-state index in [0.717, 1.165) is 23.2 Å². The zero-order valence-electron chi connectivity index (χ0n) is 22.1. The molecule has 0 spiro atoms. The van der Waals surface area contributed by atoms with Crippen molar-refractivity contribution in [3.05, 3.63) is 112 Å². The maximum atomic E-state index is 13.2. The van der Waals surface area contributed by atoms with E-state index in [0.29, 0.717) is 46.2 Å². The fraction of sp³-hybridized carbons (Fsp3) is 0.161. The second kappa shape index (κ2) is 10.6. The molecule has 0 saturated carbocycles. The van der Waals surface area contributed by atoms with E-state index in [1.165, 1.54) is 16.4 Å². The van der Waals surface area contributed by atoms with Gasteiger partial charge < -0.3 is 15.0 Å². The molecule has 208 valence electrons. The summed E-state index contributed by atoms with van der Waals surface area (Å²) in [6.45, 7) is 0.839. The van der Waals surface area contributed by atoms with E-state index < -0.39 is 10.0 Å². The Hall–Kier alpha value is -4.34. The van der Waals surface area contributed by atoms with Gasteiger partial charge in [0.05, 0.1) is 17.7 Å². The number of carbonyl (C=O) groups is 2. The first-order valence-corrected chi connectivity index (χ1v) is 14.9. The highest BCUT2D eigenvalue weighted by Crippen LogP contribution is 2.35. The largest absolute Gasteiger partial charge is 0.497 e. The number of nitrogens with zero attached hydrogens (tertiary/aromatic N) is 2. The summed E-state index contributed by atoms with van der Waals surface area (Å²) in [6.07, 6.45) is 1.22. The van der Waals surface area contributed by atoms with Gasteiger partial charge in [0, 0.05) is 40.6 Å². The summed E-state index contributed by atoms with van der Waals surface area (Å²) in [7, 11) is -2.18. The van der Waals surface area contributed by atoms with Gasteiger partial charge >= 0.3 is 0 Å². The van der Waals surface area contributed by atoms with E-state index in [9.17, 15) is 18.0 Å². The molecule has 0 radical (unpaired) electrons. The number of carbonyl (C=O) groups excluding carboxylic acids is 2. The van der Waals surface area contributed by atoms with Crippen LogP contribution in [0.2, 0.25) is 5.02 Å². The summed E-state index contributed by atoms with van der Waals surface area (Å²) in [5, 5.41) is 3.39. The number of amides is 2. The van der Waals surface area contributed by atoms with Crippen LogP contribution in [0.1, 0.15) is 31.8 Å². The van der Waals surface area contributed by atoms with E-state index >= 15 is 0 Å². The minimum absolute atomic E-state index is 0.119. The molecule has 6 rings (SSSR count). The van der Waals surface area contributed by atoms with Crippen LogP contribution in [-0.4, -0.2) is 40.4 Å². The topological polar surface area (TPSA) is 96.0 Å². The number of halogens is 1. The molecule has 0 bridgehead atoms. The average Bonchev–Trinajstić information content (AvgIpc) is 3.61. The summed E-state index contributed by atoms with van der Waals surface area (Å²) in [5.74, 6) is 0.236. The van der Waals surface area contributed by atoms with E-state index in [1.807, 2.05) is 18.2 Å². The van der Waals surface area contributed by atoms with Crippen molar-refractivity contribution >= 4 is 50.5 Å². The third kappa shape index (κ3) is 5.03. The molecule has 41 heavy (non-hydrogen) atoms. The van der Waals surface area contributed by atoms with Gasteiger partial charge in [0.1, 0.15) is 5.75 Å². The van der Waals surface area contributed by atoms with Crippen molar-refractivity contribution in [2.24, 2.45) is 0 Å². The quantitative estimate of drug-likeness (QED) is 0.319. The second-order valence-corrected chi connectivity index (χ2v) is 12.2. The number of ether oxygens (including phenoxy) is 1. The van der Waals surface area contributed by atoms with Gasteiger partial charge in [0.25, 0.3) is 21.8 Å². The lowest BCUT2D eigenvalue weighted by atomic mass is 10.1. The molecule has 0 aliphatic carbocycles. The Kier molecular flexibility index (Phi) is 6.93. The molecule has 4 aromatic carbocycles. The maximum absolute atomic E-state index is 13.2. The summed E-state index contributed by atoms with van der Waals surface area (Å²) < 4.78 is 33.0. The molecule has 4 aromatic rings. The lowest BCUT2D eigenvalue weighted by Gasteiger charge is -2.20. The van der Waals surface area contributed by atoms with Crippen LogP contribution < -0.4 is 19.3 Å². The van der Waals surface area contributed by atoms with Crippen LogP contribution in [0.15, 0.2) is 89.8 Å². The molecule has 2 amide bonds. The number of sulfonamides is 1. The Balaban J connectivity index is 1.19. The Bertz CT molecular complexity index is 1770. The summed E-state index contributed by atoms with van der Waals surface area (Å²) in [6, 6.07) is 23.6. The summed E-state index contributed by atoms with van der Waals surface area (Å²) >= 11 is 5.92. The highest BCUT2D eigenvalue weighted by Gasteiger charge is 2.31. The molecule has 2 aliphatic heterocycles. The highest BCUT2D eigenvalue weighted by molar-refractivity contribution is 7.92. The first-order valence-electron chi connectivity index (χ1n) is 13.1. The smallest absolute Gasteiger partial charge is 0.264 e. The van der Waals surface area contributed by atoms with Crippen molar-refractivity contribution in [3.8, 4) is 5.75 Å². The summed E-state index contributed by atoms with van der Waals surface area (Å²) in [4.78, 5) is 28.3. The number of anilines is 3. The van der Waals surface area contributed by atoms with Crippen LogP contribution in [0.3, 0.4) is 0 Å². The average molecular weight is 588 g/mol. The second-order valence-electron chi connectivity index (χ2n) is 9.86. The van der Waals surface area contributed by atoms with Crippen LogP contribution in [-0.2, 0) is 22.9 Å². The highest BCUT2D eigenvalue weighted by atomic mass is 35.5. The zero-order chi connectivity index (χ0) is 28.7. The molecule has 0 aromatic heterocycles. The monoisotopic (exact) mass is 587 g/mol.